The van der Waals surface area contributed by atoms with Crippen LogP contribution in [0.5, 0.6) is 5.75 Å². The smallest absolute Gasteiger partial charge is 0.345 e. The van der Waals surface area contributed by atoms with Gasteiger partial charge in [-0.25, -0.2) is 4.79 Å². The molecule has 0 aromatic heterocycles. The van der Waals surface area contributed by atoms with E-state index in [9.17, 15) is 25.0 Å². The third-order valence-electron chi connectivity index (χ3n) is 3.48. The minimum atomic E-state index is -0.789. The van der Waals surface area contributed by atoms with Crippen molar-refractivity contribution < 1.29 is 24.1 Å². The number of nitrogens with zero attached hydrogens (tertiary/aromatic N) is 2. The Hall–Kier alpha value is -3.75. The zero-order valence-corrected chi connectivity index (χ0v) is 14.4. The summed E-state index contributed by atoms with van der Waals surface area (Å²) in [6, 6.07) is 11.2. The molecule has 9 nitrogen and oxygen atoms in total. The summed E-state index contributed by atoms with van der Waals surface area (Å²) in [6.07, 6.45) is 1.61. The average molecular weight is 372 g/mol. The van der Waals surface area contributed by atoms with E-state index in [4.69, 9.17) is 9.47 Å². The maximum Gasteiger partial charge on any atom is 0.345 e. The molecule has 0 unspecified atom stereocenters. The third kappa shape index (κ3) is 5.63. The second-order valence-corrected chi connectivity index (χ2v) is 5.46. The largest absolute Gasteiger partial charge is 0.489 e. The monoisotopic (exact) mass is 372 g/mol. The standard InChI is InChI=1S/C18H16N2O7/c1-13(12-27-15-8-6-14(7-9-15)19(22)23)10-11-26-18(21)16-4-2-3-5-17(16)20(24)25/h2-10H,11-12H2,1H3/b13-10+. The van der Waals surface area contributed by atoms with Gasteiger partial charge in [0.1, 0.15) is 24.5 Å². The van der Waals surface area contributed by atoms with Crippen molar-refractivity contribution in [3.8, 4) is 5.75 Å². The first-order valence-corrected chi connectivity index (χ1v) is 7.82. The van der Waals surface area contributed by atoms with Gasteiger partial charge in [0.2, 0.25) is 0 Å². The number of rotatable bonds is 8. The summed E-state index contributed by atoms with van der Waals surface area (Å²) < 4.78 is 10.5. The summed E-state index contributed by atoms with van der Waals surface area (Å²) >= 11 is 0. The highest BCUT2D eigenvalue weighted by Gasteiger charge is 2.19. The van der Waals surface area contributed by atoms with E-state index in [2.05, 4.69) is 0 Å². The van der Waals surface area contributed by atoms with Crippen LogP contribution in [0.3, 0.4) is 0 Å². The number of esters is 1. The molecule has 27 heavy (non-hydrogen) atoms. The number of carbonyl (C=O) groups is 1. The fraction of sp³-hybridized carbons (Fsp3) is 0.167. The summed E-state index contributed by atoms with van der Waals surface area (Å²) in [5, 5.41) is 21.5. The van der Waals surface area contributed by atoms with E-state index >= 15 is 0 Å². The molecule has 0 spiro atoms. The number of nitro benzene ring substituents is 2. The average Bonchev–Trinajstić information content (AvgIpc) is 2.66. The van der Waals surface area contributed by atoms with Crippen molar-refractivity contribution in [1.82, 2.24) is 0 Å². The molecule has 0 aliphatic carbocycles. The predicted octanol–water partition coefficient (Wildman–Crippen LogP) is 3.69. The summed E-state index contributed by atoms with van der Waals surface area (Å²) in [6.45, 7) is 1.88. The first-order chi connectivity index (χ1) is 12.9. The number of hydrogen-bond donors (Lipinski definition) is 0. The lowest BCUT2D eigenvalue weighted by atomic mass is 10.2. The van der Waals surface area contributed by atoms with Gasteiger partial charge in [0.05, 0.1) is 9.85 Å². The van der Waals surface area contributed by atoms with Gasteiger partial charge in [-0.05, 0) is 36.8 Å². The number of carbonyl (C=O) groups excluding carboxylic acids is 1. The van der Waals surface area contributed by atoms with Gasteiger partial charge < -0.3 is 9.47 Å². The maximum absolute atomic E-state index is 12.0. The molecule has 0 radical (unpaired) electrons. The van der Waals surface area contributed by atoms with Gasteiger partial charge in [-0.3, -0.25) is 20.2 Å². The van der Waals surface area contributed by atoms with E-state index in [-0.39, 0.29) is 30.2 Å². The van der Waals surface area contributed by atoms with Crippen LogP contribution in [0, 0.1) is 20.2 Å². The molecule has 0 saturated carbocycles. The molecule has 9 heteroatoms. The van der Waals surface area contributed by atoms with Crippen LogP contribution in [0.4, 0.5) is 11.4 Å². The number of para-hydroxylation sites is 1. The molecule has 0 aliphatic heterocycles. The second-order valence-electron chi connectivity index (χ2n) is 5.46. The normalized spacial score (nSPS) is 10.9. The van der Waals surface area contributed by atoms with E-state index in [0.717, 1.165) is 5.57 Å². The van der Waals surface area contributed by atoms with Crippen molar-refractivity contribution >= 4 is 17.3 Å². The van der Waals surface area contributed by atoms with E-state index < -0.39 is 15.8 Å². The van der Waals surface area contributed by atoms with Crippen molar-refractivity contribution in [2.75, 3.05) is 13.2 Å². The van der Waals surface area contributed by atoms with Crippen LogP contribution < -0.4 is 4.74 Å². The molecule has 0 bridgehead atoms. The molecule has 2 aromatic rings. The lowest BCUT2D eigenvalue weighted by molar-refractivity contribution is -0.385. The third-order valence-corrected chi connectivity index (χ3v) is 3.48. The Labute approximate surface area is 154 Å². The minimum absolute atomic E-state index is 0.0310. The molecule has 2 rings (SSSR count). The molecule has 0 saturated heterocycles. The quantitative estimate of drug-likeness (QED) is 0.300. The number of benzene rings is 2. The molecule has 0 aliphatic rings. The van der Waals surface area contributed by atoms with E-state index in [1.165, 1.54) is 48.5 Å². The van der Waals surface area contributed by atoms with E-state index in [1.54, 1.807) is 13.0 Å². The molecule has 0 heterocycles. The van der Waals surface area contributed by atoms with Crippen LogP contribution in [0.25, 0.3) is 0 Å². The summed E-state index contributed by atoms with van der Waals surface area (Å²) in [5.41, 5.74) is 0.292. The Morgan fingerprint density at radius 2 is 1.70 bits per heavy atom. The lowest BCUT2D eigenvalue weighted by Crippen LogP contribution is -2.09. The number of nitro groups is 2. The Morgan fingerprint density at radius 3 is 2.33 bits per heavy atom. The topological polar surface area (TPSA) is 122 Å². The van der Waals surface area contributed by atoms with Gasteiger partial charge in [0.25, 0.3) is 11.4 Å². The van der Waals surface area contributed by atoms with Crippen LogP contribution in [0.1, 0.15) is 17.3 Å². The van der Waals surface area contributed by atoms with Crippen LogP contribution in [-0.2, 0) is 4.74 Å². The SMILES string of the molecule is C/C(=C\COC(=O)c1ccccc1[N+](=O)[O-])COc1ccc([N+](=O)[O-])cc1. The molecule has 0 N–H and O–H groups in total. The fourth-order valence-electron chi connectivity index (χ4n) is 2.06. The summed E-state index contributed by atoms with van der Waals surface area (Å²) in [7, 11) is 0. The number of hydrogen-bond acceptors (Lipinski definition) is 7. The molecular formula is C18H16N2O7. The van der Waals surface area contributed by atoms with Crippen LogP contribution in [-0.4, -0.2) is 29.0 Å². The Kier molecular flexibility index (Phi) is 6.59. The van der Waals surface area contributed by atoms with Gasteiger partial charge >= 0.3 is 5.97 Å². The zero-order chi connectivity index (χ0) is 19.8. The predicted molar refractivity (Wildman–Crippen MR) is 95.7 cm³/mol. The van der Waals surface area contributed by atoms with Crippen LogP contribution in [0.2, 0.25) is 0 Å². The molecule has 2 aromatic carbocycles. The van der Waals surface area contributed by atoms with Crippen LogP contribution in [0.15, 0.2) is 60.2 Å². The van der Waals surface area contributed by atoms with Gasteiger partial charge in [0, 0.05) is 18.2 Å². The molecule has 0 fully saturated rings. The molecule has 0 amide bonds. The van der Waals surface area contributed by atoms with Gasteiger partial charge in [-0.2, -0.15) is 0 Å². The summed E-state index contributed by atoms with van der Waals surface area (Å²) in [4.78, 5) is 32.3. The Bertz CT molecular complexity index is 876. The maximum atomic E-state index is 12.0. The van der Waals surface area contributed by atoms with Crippen molar-refractivity contribution in [2.24, 2.45) is 0 Å². The molecule has 0 atom stereocenters. The highest BCUT2D eigenvalue weighted by Crippen LogP contribution is 2.19. The van der Waals surface area contributed by atoms with Crippen molar-refractivity contribution in [3.05, 3.63) is 86.0 Å². The van der Waals surface area contributed by atoms with Crippen molar-refractivity contribution in [1.29, 1.82) is 0 Å². The highest BCUT2D eigenvalue weighted by molar-refractivity contribution is 5.93. The molecular weight excluding hydrogens is 356 g/mol. The summed E-state index contributed by atoms with van der Waals surface area (Å²) in [5.74, 6) is -0.326. The first kappa shape index (κ1) is 19.6. The Balaban J connectivity index is 1.86. The second kappa shape index (κ2) is 9.09. The van der Waals surface area contributed by atoms with Crippen molar-refractivity contribution in [2.45, 2.75) is 6.92 Å². The van der Waals surface area contributed by atoms with E-state index in [0.29, 0.717) is 5.75 Å². The van der Waals surface area contributed by atoms with E-state index in [1.807, 2.05) is 0 Å². The molecule has 140 valence electrons. The highest BCUT2D eigenvalue weighted by atomic mass is 16.6. The zero-order valence-electron chi connectivity index (χ0n) is 14.4. The van der Waals surface area contributed by atoms with Gasteiger partial charge in [-0.15, -0.1) is 0 Å². The van der Waals surface area contributed by atoms with Gasteiger partial charge in [-0.1, -0.05) is 12.1 Å². The lowest BCUT2D eigenvalue weighted by Gasteiger charge is -2.07. The number of ether oxygens (including phenoxy) is 2. The number of non-ortho nitro benzene ring substituents is 1. The van der Waals surface area contributed by atoms with Crippen molar-refractivity contribution in [3.63, 3.8) is 0 Å². The van der Waals surface area contributed by atoms with Crippen LogP contribution >= 0.6 is 0 Å². The van der Waals surface area contributed by atoms with Gasteiger partial charge in [0.15, 0.2) is 0 Å². The first-order valence-electron chi connectivity index (χ1n) is 7.82. The Morgan fingerprint density at radius 1 is 1.04 bits per heavy atom. The fourth-order valence-corrected chi connectivity index (χ4v) is 2.06. The minimum Gasteiger partial charge on any atom is -0.489 e.